The summed E-state index contributed by atoms with van der Waals surface area (Å²) in [5, 5.41) is 9.09. The van der Waals surface area contributed by atoms with E-state index in [1.54, 1.807) is 6.92 Å². The molecule has 9 heteroatoms. The Hall–Kier alpha value is -3.51. The number of rotatable bonds is 4. The molecule has 1 aromatic carbocycles. The van der Waals surface area contributed by atoms with Crippen molar-refractivity contribution in [3.8, 4) is 6.07 Å². The van der Waals surface area contributed by atoms with Crippen molar-refractivity contribution in [1.82, 2.24) is 9.88 Å². The number of halogens is 2. The highest BCUT2D eigenvalue weighted by Gasteiger charge is 2.63. The lowest BCUT2D eigenvalue weighted by Crippen LogP contribution is -2.45. The largest absolute Gasteiger partial charge is 0.378 e. The average molecular weight is 478 g/mol. The minimum Gasteiger partial charge on any atom is -0.378 e. The van der Waals surface area contributed by atoms with E-state index in [1.165, 1.54) is 54.4 Å². The number of hydrogen-bond acceptors (Lipinski definition) is 6. The van der Waals surface area contributed by atoms with Crippen LogP contribution in [0.5, 0.6) is 0 Å². The maximum atomic E-state index is 15.1. The van der Waals surface area contributed by atoms with Crippen LogP contribution in [0.4, 0.5) is 8.78 Å². The van der Waals surface area contributed by atoms with E-state index in [0.29, 0.717) is 29.8 Å². The van der Waals surface area contributed by atoms with Crippen LogP contribution in [0, 0.1) is 17.1 Å². The minimum absolute atomic E-state index is 0.0385. The van der Waals surface area contributed by atoms with Crippen LogP contribution in [-0.2, 0) is 10.3 Å². The molecular formula is C25H21F2N5OS. The molecule has 1 fully saturated rings. The Kier molecular flexibility index (Phi) is 5.29. The molecule has 1 aromatic heterocycles. The molecule has 1 saturated heterocycles. The van der Waals surface area contributed by atoms with Gasteiger partial charge in [0, 0.05) is 24.8 Å². The molecule has 0 radical (unpaired) electrons. The van der Waals surface area contributed by atoms with Gasteiger partial charge in [-0.2, -0.15) is 5.26 Å². The smallest absolute Gasteiger partial charge is 0.247 e. The number of likely N-dealkylation sites (tertiary alicyclic amines) is 1. The number of benzene rings is 1. The monoisotopic (exact) mass is 477 g/mol. The van der Waals surface area contributed by atoms with Crippen molar-refractivity contribution < 1.29 is 13.6 Å². The average Bonchev–Trinajstić information content (AvgIpc) is 3.33. The first-order chi connectivity index (χ1) is 16.3. The van der Waals surface area contributed by atoms with Gasteiger partial charge in [-0.1, -0.05) is 23.9 Å². The summed E-state index contributed by atoms with van der Waals surface area (Å²) in [4.78, 5) is 23.6. The first kappa shape index (κ1) is 22.3. The van der Waals surface area contributed by atoms with Crippen LogP contribution in [0.2, 0.25) is 0 Å². The maximum Gasteiger partial charge on any atom is 0.247 e. The summed E-state index contributed by atoms with van der Waals surface area (Å²) >= 11 is 1.19. The van der Waals surface area contributed by atoms with E-state index < -0.39 is 21.9 Å². The topological polar surface area (TPSA) is 95.4 Å². The van der Waals surface area contributed by atoms with Crippen molar-refractivity contribution in [2.45, 2.75) is 30.1 Å². The van der Waals surface area contributed by atoms with Crippen LogP contribution in [0.15, 0.2) is 53.2 Å². The Labute approximate surface area is 199 Å². The second kappa shape index (κ2) is 8.06. The predicted molar refractivity (Wildman–Crippen MR) is 128 cm³/mol. The minimum atomic E-state index is -1.18. The molecule has 1 aliphatic carbocycles. The number of aliphatic imine (C=N–C) groups is 1. The Balaban J connectivity index is 1.49. The highest BCUT2D eigenvalue weighted by molar-refractivity contribution is 8.16. The second-order valence-corrected chi connectivity index (χ2v) is 9.96. The molecule has 0 bridgehead atoms. The number of carbonyl (C=O) groups is 1. The zero-order valence-corrected chi connectivity index (χ0v) is 19.2. The fraction of sp³-hybridized carbons (Fsp3) is 0.280. The zero-order valence-electron chi connectivity index (χ0n) is 18.4. The van der Waals surface area contributed by atoms with Crippen molar-refractivity contribution in [3.05, 3.63) is 76.4 Å². The quantitative estimate of drug-likeness (QED) is 0.668. The third-order valence-corrected chi connectivity index (χ3v) is 7.58. The van der Waals surface area contributed by atoms with E-state index in [2.05, 4.69) is 9.98 Å². The number of nitrogens with zero attached hydrogens (tertiary/aromatic N) is 4. The molecule has 2 N–H and O–H groups in total. The molecule has 172 valence electrons. The molecule has 0 saturated carbocycles. The molecule has 5 rings (SSSR count). The number of hydrogen-bond donors (Lipinski definition) is 1. The summed E-state index contributed by atoms with van der Waals surface area (Å²) in [6.07, 6.45) is 6.28. The number of thioether (sulfide) groups is 1. The molecule has 2 aliphatic heterocycles. The summed E-state index contributed by atoms with van der Waals surface area (Å²) in [7, 11) is 0. The van der Waals surface area contributed by atoms with Crippen LogP contribution in [-0.4, -0.2) is 38.8 Å². The lowest BCUT2D eigenvalue weighted by Gasteiger charge is -2.35. The van der Waals surface area contributed by atoms with Crippen LogP contribution >= 0.6 is 11.8 Å². The van der Waals surface area contributed by atoms with Gasteiger partial charge in [-0.25, -0.2) is 13.8 Å². The fourth-order valence-corrected chi connectivity index (χ4v) is 5.89. The molecule has 0 unspecified atom stereocenters. The van der Waals surface area contributed by atoms with E-state index >= 15 is 4.39 Å². The van der Waals surface area contributed by atoms with Gasteiger partial charge in [0.1, 0.15) is 28.0 Å². The van der Waals surface area contributed by atoms with Gasteiger partial charge in [-0.15, -0.1) is 0 Å². The first-order valence-electron chi connectivity index (χ1n) is 10.9. The number of amides is 1. The maximum absolute atomic E-state index is 15.1. The molecule has 3 aliphatic rings. The van der Waals surface area contributed by atoms with Gasteiger partial charge in [-0.05, 0) is 61.2 Å². The number of pyridine rings is 1. The van der Waals surface area contributed by atoms with Crippen molar-refractivity contribution in [2.24, 2.45) is 10.7 Å². The highest BCUT2D eigenvalue weighted by Crippen LogP contribution is 2.61. The highest BCUT2D eigenvalue weighted by atomic mass is 32.2. The number of nitriles is 1. The van der Waals surface area contributed by atoms with Crippen LogP contribution in [0.25, 0.3) is 11.9 Å². The Morgan fingerprint density at radius 1 is 1.29 bits per heavy atom. The number of fused-ring (bicyclic) bond motifs is 1. The summed E-state index contributed by atoms with van der Waals surface area (Å²) in [5.41, 5.74) is 6.67. The van der Waals surface area contributed by atoms with Crippen molar-refractivity contribution in [1.29, 1.82) is 5.26 Å². The SMILES string of the molecule is C[C@]1(c2cc(/C=C(\F)c3ccc(C#N)cn3)ccc2F)N=C(N)S[C@@]2(C(=O)N3CCCC3)C=C21. The third kappa shape index (κ3) is 3.59. The van der Waals surface area contributed by atoms with Crippen LogP contribution in [0.1, 0.15) is 42.1 Å². The van der Waals surface area contributed by atoms with Gasteiger partial charge in [-0.3, -0.25) is 9.78 Å². The summed E-state index contributed by atoms with van der Waals surface area (Å²) < 4.78 is 29.0. The Bertz CT molecular complexity index is 1320. The third-order valence-electron chi connectivity index (χ3n) is 6.44. The zero-order chi connectivity index (χ0) is 24.1. The Morgan fingerprint density at radius 3 is 2.74 bits per heavy atom. The number of aromatic nitrogens is 1. The van der Waals surface area contributed by atoms with Crippen molar-refractivity contribution >= 4 is 34.7 Å². The van der Waals surface area contributed by atoms with Crippen LogP contribution < -0.4 is 5.73 Å². The number of amidine groups is 1. The van der Waals surface area contributed by atoms with Gasteiger partial charge in [0.05, 0.1) is 11.3 Å². The molecule has 2 aromatic rings. The van der Waals surface area contributed by atoms with Gasteiger partial charge in [0.2, 0.25) is 5.91 Å². The van der Waals surface area contributed by atoms with E-state index in [-0.39, 0.29) is 22.3 Å². The standard InChI is InChI=1S/C25H21F2N5OS/c1-24(21-12-25(21,34-23(29)31-24)22(33)32-8-2-3-9-32)17-10-15(4-6-18(17)26)11-19(27)20-7-5-16(13-28)14-30-20/h4-7,10-12,14H,2-3,8-9H2,1H3,(H2,29,31)/b19-11-/t24-,25+/m1/s1. The number of nitrogens with two attached hydrogens (primary N) is 1. The molecular weight excluding hydrogens is 456 g/mol. The molecule has 3 heterocycles. The number of carbonyl (C=O) groups excluding carboxylic acids is 1. The van der Waals surface area contributed by atoms with Gasteiger partial charge < -0.3 is 10.6 Å². The summed E-state index contributed by atoms with van der Waals surface area (Å²) in [6.45, 7) is 3.13. The molecule has 34 heavy (non-hydrogen) atoms. The fourth-order valence-electron chi connectivity index (χ4n) is 4.63. The lowest BCUT2D eigenvalue weighted by atomic mass is 9.85. The predicted octanol–water partition coefficient (Wildman–Crippen LogP) is 4.14. The lowest BCUT2D eigenvalue weighted by molar-refractivity contribution is -0.129. The molecule has 6 nitrogen and oxygen atoms in total. The van der Waals surface area contributed by atoms with Crippen molar-refractivity contribution in [2.75, 3.05) is 13.1 Å². The van der Waals surface area contributed by atoms with E-state index in [9.17, 15) is 9.18 Å². The van der Waals surface area contributed by atoms with E-state index in [0.717, 1.165) is 12.8 Å². The first-order valence-corrected chi connectivity index (χ1v) is 11.7. The normalized spacial score (nSPS) is 25.8. The van der Waals surface area contributed by atoms with E-state index in [1.807, 2.05) is 17.0 Å². The molecule has 0 spiro atoms. The molecule has 1 amide bonds. The summed E-state index contributed by atoms with van der Waals surface area (Å²) in [5.74, 6) is -1.18. The van der Waals surface area contributed by atoms with Gasteiger partial charge in [0.15, 0.2) is 5.17 Å². The van der Waals surface area contributed by atoms with Crippen LogP contribution in [0.3, 0.4) is 0 Å². The molecule has 2 atom stereocenters. The van der Waals surface area contributed by atoms with Gasteiger partial charge >= 0.3 is 0 Å². The van der Waals surface area contributed by atoms with Crippen molar-refractivity contribution in [3.63, 3.8) is 0 Å². The van der Waals surface area contributed by atoms with E-state index in [4.69, 9.17) is 11.0 Å². The van der Waals surface area contributed by atoms with Gasteiger partial charge in [0.25, 0.3) is 0 Å². The second-order valence-electron chi connectivity index (χ2n) is 8.69. The Morgan fingerprint density at radius 2 is 2.06 bits per heavy atom. The summed E-state index contributed by atoms with van der Waals surface area (Å²) in [6, 6.07) is 9.05.